The number of fused-ring (bicyclic) bond motifs is 1. The van der Waals surface area contributed by atoms with E-state index in [1.807, 2.05) is 12.4 Å². The lowest BCUT2D eigenvalue weighted by Crippen LogP contribution is -2.45. The number of aromatic nitrogens is 1. The van der Waals surface area contributed by atoms with Gasteiger partial charge in [0.15, 0.2) is 0 Å². The number of pyridine rings is 1. The summed E-state index contributed by atoms with van der Waals surface area (Å²) in [6.45, 7) is 4.19. The van der Waals surface area contributed by atoms with Crippen LogP contribution in [0.25, 0.3) is 10.8 Å². The second-order valence-electron chi connectivity index (χ2n) is 6.19. The molecule has 1 aromatic heterocycles. The van der Waals surface area contributed by atoms with Crippen LogP contribution in [0, 0.1) is 0 Å². The van der Waals surface area contributed by atoms with Crippen molar-refractivity contribution in [3.8, 4) is 0 Å². The summed E-state index contributed by atoms with van der Waals surface area (Å²) in [6.07, 6.45) is 3.79. The number of nitrogens with zero attached hydrogens (tertiary/aromatic N) is 2. The van der Waals surface area contributed by atoms with E-state index in [-0.39, 0.29) is 6.04 Å². The number of hydrogen-bond donors (Lipinski definition) is 1. The maximum atomic E-state index is 4.22. The van der Waals surface area contributed by atoms with Gasteiger partial charge in [0.1, 0.15) is 0 Å². The van der Waals surface area contributed by atoms with Crippen LogP contribution in [-0.2, 0) is 0 Å². The van der Waals surface area contributed by atoms with E-state index in [4.69, 9.17) is 0 Å². The monoisotopic (exact) mass is 381 g/mol. The third-order valence-electron chi connectivity index (χ3n) is 4.70. The Morgan fingerprint density at radius 2 is 1.83 bits per heavy atom. The third-order valence-corrected chi connectivity index (χ3v) is 5.42. The van der Waals surface area contributed by atoms with Crippen LogP contribution in [0.15, 0.2) is 65.4 Å². The second-order valence-corrected chi connectivity index (χ2v) is 7.05. The van der Waals surface area contributed by atoms with Gasteiger partial charge in [-0.25, -0.2) is 0 Å². The van der Waals surface area contributed by atoms with Crippen molar-refractivity contribution in [1.82, 2.24) is 15.2 Å². The molecule has 2 aromatic carbocycles. The number of halogens is 1. The average Bonchev–Trinajstić information content (AvgIpc) is 2.64. The summed E-state index contributed by atoms with van der Waals surface area (Å²) < 4.78 is 1.17. The van der Waals surface area contributed by atoms with Gasteiger partial charge in [0, 0.05) is 48.4 Å². The predicted octanol–water partition coefficient (Wildman–Crippen LogP) is 3.99. The highest BCUT2D eigenvalue weighted by molar-refractivity contribution is 9.10. The topological polar surface area (TPSA) is 28.2 Å². The molecule has 1 N–H and O–H groups in total. The van der Waals surface area contributed by atoms with Crippen LogP contribution >= 0.6 is 15.9 Å². The van der Waals surface area contributed by atoms with E-state index in [1.165, 1.54) is 26.4 Å². The van der Waals surface area contributed by atoms with Gasteiger partial charge in [-0.15, -0.1) is 0 Å². The van der Waals surface area contributed by atoms with E-state index in [2.05, 4.69) is 79.7 Å². The molecule has 1 saturated heterocycles. The van der Waals surface area contributed by atoms with Gasteiger partial charge < -0.3 is 5.32 Å². The molecule has 1 fully saturated rings. The molecule has 0 amide bonds. The lowest BCUT2D eigenvalue weighted by atomic mass is 9.95. The highest BCUT2D eigenvalue weighted by Crippen LogP contribution is 2.34. The average molecular weight is 382 g/mol. The quantitative estimate of drug-likeness (QED) is 0.743. The summed E-state index contributed by atoms with van der Waals surface area (Å²) >= 11 is 3.76. The fourth-order valence-corrected chi connectivity index (χ4v) is 4.00. The Bertz CT molecular complexity index is 843. The minimum Gasteiger partial charge on any atom is -0.314 e. The van der Waals surface area contributed by atoms with Crippen molar-refractivity contribution in [1.29, 1.82) is 0 Å². The molecule has 1 aliphatic heterocycles. The molecular weight excluding hydrogens is 362 g/mol. The van der Waals surface area contributed by atoms with Crippen molar-refractivity contribution >= 4 is 26.7 Å². The maximum Gasteiger partial charge on any atom is 0.0614 e. The van der Waals surface area contributed by atoms with Gasteiger partial charge >= 0.3 is 0 Å². The lowest BCUT2D eigenvalue weighted by molar-refractivity contribution is 0.198. The van der Waals surface area contributed by atoms with Gasteiger partial charge in [0.2, 0.25) is 0 Å². The first-order chi connectivity index (χ1) is 11.8. The van der Waals surface area contributed by atoms with Crippen molar-refractivity contribution in [2.24, 2.45) is 0 Å². The van der Waals surface area contributed by atoms with Crippen molar-refractivity contribution in [3.05, 3.63) is 76.5 Å². The summed E-state index contributed by atoms with van der Waals surface area (Å²) in [4.78, 5) is 6.79. The minimum absolute atomic E-state index is 0.264. The summed E-state index contributed by atoms with van der Waals surface area (Å²) in [5, 5.41) is 5.89. The number of benzene rings is 2. The van der Waals surface area contributed by atoms with E-state index in [0.717, 1.165) is 26.2 Å². The Labute approximate surface area is 150 Å². The van der Waals surface area contributed by atoms with Crippen LogP contribution in [0.4, 0.5) is 0 Å². The summed E-state index contributed by atoms with van der Waals surface area (Å²) in [6, 6.07) is 17.7. The molecule has 0 aliphatic carbocycles. The highest BCUT2D eigenvalue weighted by atomic mass is 79.9. The SMILES string of the molecule is Brc1ccccc1C(c1ccc2cnccc2c1)N1CCNCC1. The zero-order valence-corrected chi connectivity index (χ0v) is 15.0. The fraction of sp³-hybridized carbons (Fsp3) is 0.250. The number of piperazine rings is 1. The molecule has 0 spiro atoms. The molecule has 1 atom stereocenters. The zero-order valence-electron chi connectivity index (χ0n) is 13.5. The van der Waals surface area contributed by atoms with Crippen LogP contribution < -0.4 is 5.32 Å². The van der Waals surface area contributed by atoms with Crippen LogP contribution in [0.1, 0.15) is 17.2 Å². The Balaban J connectivity index is 1.82. The molecule has 0 radical (unpaired) electrons. The largest absolute Gasteiger partial charge is 0.314 e. The van der Waals surface area contributed by atoms with Crippen LogP contribution in [-0.4, -0.2) is 36.1 Å². The predicted molar refractivity (Wildman–Crippen MR) is 102 cm³/mol. The maximum absolute atomic E-state index is 4.22. The number of hydrogen-bond acceptors (Lipinski definition) is 3. The van der Waals surface area contributed by atoms with Gasteiger partial charge in [-0.05, 0) is 34.7 Å². The Morgan fingerprint density at radius 1 is 1.00 bits per heavy atom. The first-order valence-electron chi connectivity index (χ1n) is 8.36. The minimum atomic E-state index is 0.264. The van der Waals surface area contributed by atoms with Gasteiger partial charge in [-0.1, -0.05) is 46.3 Å². The van der Waals surface area contributed by atoms with Gasteiger partial charge in [0.25, 0.3) is 0 Å². The summed E-state index contributed by atoms with van der Waals surface area (Å²) in [5.41, 5.74) is 2.66. The van der Waals surface area contributed by atoms with E-state index < -0.39 is 0 Å². The molecule has 4 heteroatoms. The third kappa shape index (κ3) is 3.09. The molecule has 2 heterocycles. The second kappa shape index (κ2) is 7.01. The van der Waals surface area contributed by atoms with Crippen molar-refractivity contribution in [2.75, 3.05) is 26.2 Å². The molecule has 4 rings (SSSR count). The first kappa shape index (κ1) is 15.8. The van der Waals surface area contributed by atoms with Crippen LogP contribution in [0.3, 0.4) is 0 Å². The number of rotatable bonds is 3. The highest BCUT2D eigenvalue weighted by Gasteiger charge is 2.25. The van der Waals surface area contributed by atoms with Crippen molar-refractivity contribution in [2.45, 2.75) is 6.04 Å². The lowest BCUT2D eigenvalue weighted by Gasteiger charge is -2.36. The normalized spacial score (nSPS) is 17.0. The van der Waals surface area contributed by atoms with Gasteiger partial charge in [0.05, 0.1) is 6.04 Å². The van der Waals surface area contributed by atoms with E-state index in [9.17, 15) is 0 Å². The molecule has 1 aliphatic rings. The van der Waals surface area contributed by atoms with E-state index >= 15 is 0 Å². The summed E-state index contributed by atoms with van der Waals surface area (Å²) in [7, 11) is 0. The molecule has 24 heavy (non-hydrogen) atoms. The first-order valence-corrected chi connectivity index (χ1v) is 9.15. The standard InChI is InChI=1S/C20H20BrN3/c21-19-4-2-1-3-18(19)20(24-11-9-22-10-12-24)16-5-6-17-14-23-8-7-15(17)13-16/h1-8,13-14,20,22H,9-12H2. The zero-order chi connectivity index (χ0) is 16.4. The van der Waals surface area contributed by atoms with Crippen molar-refractivity contribution in [3.63, 3.8) is 0 Å². The van der Waals surface area contributed by atoms with Crippen LogP contribution in [0.2, 0.25) is 0 Å². The Morgan fingerprint density at radius 3 is 2.67 bits per heavy atom. The van der Waals surface area contributed by atoms with Crippen molar-refractivity contribution < 1.29 is 0 Å². The summed E-state index contributed by atoms with van der Waals surface area (Å²) in [5.74, 6) is 0. The molecular formula is C20H20BrN3. The number of nitrogens with one attached hydrogen (secondary N) is 1. The fourth-order valence-electron chi connectivity index (χ4n) is 3.50. The van der Waals surface area contributed by atoms with Gasteiger partial charge in [-0.2, -0.15) is 0 Å². The van der Waals surface area contributed by atoms with E-state index in [1.54, 1.807) is 0 Å². The Kier molecular flexibility index (Phi) is 4.60. The molecule has 3 nitrogen and oxygen atoms in total. The van der Waals surface area contributed by atoms with Gasteiger partial charge in [-0.3, -0.25) is 9.88 Å². The van der Waals surface area contributed by atoms with E-state index in [0.29, 0.717) is 0 Å². The molecule has 122 valence electrons. The molecule has 1 unspecified atom stereocenters. The molecule has 3 aromatic rings. The smallest absolute Gasteiger partial charge is 0.0614 e. The Hall–Kier alpha value is -1.75. The molecule has 0 bridgehead atoms. The van der Waals surface area contributed by atoms with Crippen LogP contribution in [0.5, 0.6) is 0 Å². The molecule has 0 saturated carbocycles.